The molecule has 0 amide bonds. The lowest BCUT2D eigenvalue weighted by Crippen LogP contribution is -2.17. The first-order chi connectivity index (χ1) is 5.88. The number of ketones is 1. The second-order valence-corrected chi connectivity index (χ2v) is 3.65. The predicted molar refractivity (Wildman–Crippen MR) is 47.4 cm³/mol. The summed E-state index contributed by atoms with van der Waals surface area (Å²) < 4.78 is 0. The van der Waals surface area contributed by atoms with Gasteiger partial charge in [-0.1, -0.05) is 0 Å². The maximum Gasteiger partial charge on any atom is 0.186 e. The van der Waals surface area contributed by atoms with Gasteiger partial charge in [-0.25, -0.2) is 4.98 Å². The summed E-state index contributed by atoms with van der Waals surface area (Å²) >= 11 is 1.47. The third-order valence-corrected chi connectivity index (χ3v) is 2.70. The highest BCUT2D eigenvalue weighted by Crippen LogP contribution is 2.14. The largest absolute Gasteiger partial charge is 0.316 e. The van der Waals surface area contributed by atoms with E-state index in [2.05, 4.69) is 10.3 Å². The average Bonchev–Trinajstić information content (AvgIpc) is 2.77. The smallest absolute Gasteiger partial charge is 0.186 e. The zero-order valence-corrected chi connectivity index (χ0v) is 7.43. The Balaban J connectivity index is 2.09. The van der Waals surface area contributed by atoms with Gasteiger partial charge in [0.15, 0.2) is 5.78 Å². The minimum Gasteiger partial charge on any atom is -0.316 e. The number of carbonyl (C=O) groups is 1. The van der Waals surface area contributed by atoms with E-state index in [1.165, 1.54) is 11.3 Å². The van der Waals surface area contributed by atoms with Gasteiger partial charge in [0.25, 0.3) is 0 Å². The van der Waals surface area contributed by atoms with E-state index in [1.54, 1.807) is 5.51 Å². The van der Waals surface area contributed by atoms with Gasteiger partial charge in [-0.05, 0) is 13.0 Å². The molecule has 0 aromatic carbocycles. The number of nitrogens with one attached hydrogen (secondary N) is 1. The van der Waals surface area contributed by atoms with Crippen molar-refractivity contribution in [1.29, 1.82) is 0 Å². The van der Waals surface area contributed by atoms with Crippen molar-refractivity contribution in [3.05, 3.63) is 16.6 Å². The van der Waals surface area contributed by atoms with Crippen LogP contribution in [0.2, 0.25) is 0 Å². The van der Waals surface area contributed by atoms with Gasteiger partial charge < -0.3 is 5.32 Å². The molecule has 0 spiro atoms. The monoisotopic (exact) mass is 182 g/mol. The molecule has 64 valence electrons. The number of hydrogen-bond acceptors (Lipinski definition) is 4. The zero-order chi connectivity index (χ0) is 8.39. The normalized spacial score (nSPS) is 22.8. The van der Waals surface area contributed by atoms with E-state index in [0.717, 1.165) is 19.5 Å². The third-order valence-electron chi connectivity index (χ3n) is 2.12. The highest BCUT2D eigenvalue weighted by molar-refractivity contribution is 7.07. The van der Waals surface area contributed by atoms with Crippen molar-refractivity contribution in [3.8, 4) is 0 Å². The summed E-state index contributed by atoms with van der Waals surface area (Å²) in [6.07, 6.45) is 0.955. The zero-order valence-electron chi connectivity index (χ0n) is 6.62. The van der Waals surface area contributed by atoms with Crippen molar-refractivity contribution >= 4 is 17.1 Å². The molecule has 3 nitrogen and oxygen atoms in total. The molecular weight excluding hydrogens is 172 g/mol. The van der Waals surface area contributed by atoms with Gasteiger partial charge in [-0.15, -0.1) is 11.3 Å². The van der Waals surface area contributed by atoms with Gasteiger partial charge in [-0.3, -0.25) is 4.79 Å². The second kappa shape index (κ2) is 3.33. The first kappa shape index (κ1) is 7.89. The van der Waals surface area contributed by atoms with E-state index in [1.807, 2.05) is 5.38 Å². The van der Waals surface area contributed by atoms with Crippen LogP contribution in [0.3, 0.4) is 0 Å². The molecule has 0 saturated carbocycles. The Morgan fingerprint density at radius 1 is 1.75 bits per heavy atom. The van der Waals surface area contributed by atoms with Gasteiger partial charge in [0.1, 0.15) is 5.69 Å². The van der Waals surface area contributed by atoms with Gasteiger partial charge >= 0.3 is 0 Å². The second-order valence-electron chi connectivity index (χ2n) is 2.93. The number of carbonyl (C=O) groups excluding carboxylic acids is 1. The standard InChI is InChI=1S/C8H10N2OS/c11-8(6-1-2-9-3-6)7-4-12-5-10-7/h4-6,9H,1-3H2. The molecule has 1 aliphatic rings. The average molecular weight is 182 g/mol. The van der Waals surface area contributed by atoms with Crippen LogP contribution in [0.25, 0.3) is 0 Å². The van der Waals surface area contributed by atoms with E-state index in [-0.39, 0.29) is 11.7 Å². The van der Waals surface area contributed by atoms with Crippen LogP contribution in [0.1, 0.15) is 16.9 Å². The van der Waals surface area contributed by atoms with E-state index in [4.69, 9.17) is 0 Å². The fraction of sp³-hybridized carbons (Fsp3) is 0.500. The number of aromatic nitrogens is 1. The number of hydrogen-bond donors (Lipinski definition) is 1. The predicted octanol–water partition coefficient (Wildman–Crippen LogP) is 0.935. The maximum absolute atomic E-state index is 11.6. The fourth-order valence-electron chi connectivity index (χ4n) is 1.42. The van der Waals surface area contributed by atoms with Crippen molar-refractivity contribution in [3.63, 3.8) is 0 Å². The summed E-state index contributed by atoms with van der Waals surface area (Å²) in [4.78, 5) is 15.6. The molecule has 1 fully saturated rings. The Labute approximate surface area is 74.8 Å². The SMILES string of the molecule is O=C(c1cscn1)C1CCNC1. The molecule has 1 saturated heterocycles. The molecule has 4 heteroatoms. The Hall–Kier alpha value is -0.740. The molecule has 1 aliphatic heterocycles. The molecule has 1 aromatic heterocycles. The molecule has 0 bridgehead atoms. The summed E-state index contributed by atoms with van der Waals surface area (Å²) in [7, 11) is 0. The molecule has 0 aliphatic carbocycles. The summed E-state index contributed by atoms with van der Waals surface area (Å²) in [5.74, 6) is 0.355. The van der Waals surface area contributed by atoms with Crippen LogP contribution in [0, 0.1) is 5.92 Å². The number of Topliss-reactive ketones (excluding diaryl/α,β-unsaturated/α-hetero) is 1. The molecule has 1 aromatic rings. The van der Waals surface area contributed by atoms with Crippen molar-refractivity contribution in [2.45, 2.75) is 6.42 Å². The van der Waals surface area contributed by atoms with Crippen molar-refractivity contribution in [2.75, 3.05) is 13.1 Å². The van der Waals surface area contributed by atoms with Crippen LogP contribution in [-0.4, -0.2) is 23.9 Å². The lowest BCUT2D eigenvalue weighted by molar-refractivity contribution is 0.0926. The fourth-order valence-corrected chi connectivity index (χ4v) is 1.96. The van der Waals surface area contributed by atoms with Crippen LogP contribution >= 0.6 is 11.3 Å². The molecule has 1 atom stereocenters. The number of nitrogens with zero attached hydrogens (tertiary/aromatic N) is 1. The van der Waals surface area contributed by atoms with E-state index in [9.17, 15) is 4.79 Å². The minimum atomic E-state index is 0.159. The van der Waals surface area contributed by atoms with Gasteiger partial charge in [0.2, 0.25) is 0 Å². The third kappa shape index (κ3) is 1.40. The van der Waals surface area contributed by atoms with Crippen LogP contribution in [-0.2, 0) is 0 Å². The first-order valence-electron chi connectivity index (χ1n) is 4.01. The van der Waals surface area contributed by atoms with Gasteiger partial charge in [0.05, 0.1) is 5.51 Å². The lowest BCUT2D eigenvalue weighted by Gasteiger charge is -2.02. The Bertz CT molecular complexity index is 265. The Morgan fingerprint density at radius 2 is 2.67 bits per heavy atom. The highest BCUT2D eigenvalue weighted by Gasteiger charge is 2.24. The van der Waals surface area contributed by atoms with Crippen LogP contribution in [0.15, 0.2) is 10.9 Å². The molecule has 2 rings (SSSR count). The van der Waals surface area contributed by atoms with Gasteiger partial charge in [-0.2, -0.15) is 0 Å². The van der Waals surface area contributed by atoms with E-state index in [0.29, 0.717) is 5.69 Å². The Morgan fingerprint density at radius 3 is 3.25 bits per heavy atom. The highest BCUT2D eigenvalue weighted by atomic mass is 32.1. The molecule has 1 unspecified atom stereocenters. The molecule has 12 heavy (non-hydrogen) atoms. The molecule has 1 N–H and O–H groups in total. The Kier molecular flexibility index (Phi) is 2.19. The summed E-state index contributed by atoms with van der Waals surface area (Å²) in [5.41, 5.74) is 2.34. The van der Waals surface area contributed by atoms with Gasteiger partial charge in [0, 0.05) is 17.8 Å². The molecule has 0 radical (unpaired) electrons. The number of rotatable bonds is 2. The summed E-state index contributed by atoms with van der Waals surface area (Å²) in [5, 5.41) is 4.99. The summed E-state index contributed by atoms with van der Waals surface area (Å²) in [6, 6.07) is 0. The molecular formula is C8H10N2OS. The van der Waals surface area contributed by atoms with E-state index >= 15 is 0 Å². The lowest BCUT2D eigenvalue weighted by atomic mass is 10.0. The van der Waals surface area contributed by atoms with Crippen molar-refractivity contribution in [2.24, 2.45) is 5.92 Å². The van der Waals surface area contributed by atoms with Crippen molar-refractivity contribution < 1.29 is 4.79 Å². The number of thiazole rings is 1. The minimum absolute atomic E-state index is 0.159. The maximum atomic E-state index is 11.6. The van der Waals surface area contributed by atoms with Crippen LogP contribution in [0.5, 0.6) is 0 Å². The topological polar surface area (TPSA) is 42.0 Å². The van der Waals surface area contributed by atoms with Crippen LogP contribution < -0.4 is 5.32 Å². The van der Waals surface area contributed by atoms with Crippen LogP contribution in [0.4, 0.5) is 0 Å². The van der Waals surface area contributed by atoms with E-state index < -0.39 is 0 Å². The van der Waals surface area contributed by atoms with Crippen molar-refractivity contribution in [1.82, 2.24) is 10.3 Å². The first-order valence-corrected chi connectivity index (χ1v) is 4.95. The molecule has 2 heterocycles. The quantitative estimate of drug-likeness (QED) is 0.692. The summed E-state index contributed by atoms with van der Waals surface area (Å²) in [6.45, 7) is 1.77.